The Labute approximate surface area is 171 Å². The third-order valence-corrected chi connectivity index (χ3v) is 5.45. The number of imidazole rings is 1. The molecular weight excluding hydrogens is 422 g/mol. The van der Waals surface area contributed by atoms with Crippen LogP contribution in [0.15, 0.2) is 18.9 Å². The van der Waals surface area contributed by atoms with E-state index in [9.17, 15) is 28.5 Å². The largest absolute Gasteiger partial charge is 0.387 e. The fraction of sp³-hybridized carbons (Fsp3) is 0.625. The highest BCUT2D eigenvalue weighted by atomic mass is 32.2. The molecule has 3 rings (SSSR count). The average molecular weight is 445 g/mol. The second kappa shape index (κ2) is 8.13. The molecule has 3 heterocycles. The molecule has 30 heavy (non-hydrogen) atoms. The summed E-state index contributed by atoms with van der Waals surface area (Å²) in [7, 11) is -4.59. The van der Waals surface area contributed by atoms with Crippen LogP contribution in [0.1, 0.15) is 27.0 Å². The SMILES string of the molecule is CC(C)(C)[C@@H](O)C(=O)NS(=O)(=O)OC[C@H]1O[C@@H](n2cnc3ncncc32)[C@H](O)[C@@H]1O. The number of nitrogens with zero attached hydrogens (tertiary/aromatic N) is 4. The van der Waals surface area contributed by atoms with E-state index < -0.39 is 58.9 Å². The molecule has 0 saturated carbocycles. The van der Waals surface area contributed by atoms with Crippen molar-refractivity contribution in [2.24, 2.45) is 5.41 Å². The molecule has 5 atom stereocenters. The molecule has 0 radical (unpaired) electrons. The first kappa shape index (κ1) is 22.5. The predicted molar refractivity (Wildman–Crippen MR) is 99.7 cm³/mol. The van der Waals surface area contributed by atoms with Gasteiger partial charge in [-0.1, -0.05) is 20.8 Å². The number of nitrogens with one attached hydrogen (secondary N) is 1. The molecule has 0 unspecified atom stereocenters. The second-order valence-corrected chi connectivity index (χ2v) is 9.25. The summed E-state index contributed by atoms with van der Waals surface area (Å²) >= 11 is 0. The minimum absolute atomic E-state index is 0.345. The molecular formula is C16H23N5O8S. The zero-order valence-corrected chi connectivity index (χ0v) is 17.2. The first-order valence-electron chi connectivity index (χ1n) is 8.94. The van der Waals surface area contributed by atoms with Crippen LogP contribution < -0.4 is 4.72 Å². The number of rotatable bonds is 6. The average Bonchev–Trinajstić information content (AvgIpc) is 3.20. The number of amides is 1. The molecule has 1 fully saturated rings. The third kappa shape index (κ3) is 4.58. The van der Waals surface area contributed by atoms with E-state index in [0.717, 1.165) is 0 Å². The first-order valence-corrected chi connectivity index (χ1v) is 10.3. The lowest BCUT2D eigenvalue weighted by atomic mass is 9.89. The highest BCUT2D eigenvalue weighted by Gasteiger charge is 2.45. The summed E-state index contributed by atoms with van der Waals surface area (Å²) in [6, 6.07) is 0. The van der Waals surface area contributed by atoms with Gasteiger partial charge in [-0.3, -0.25) is 13.5 Å². The fourth-order valence-electron chi connectivity index (χ4n) is 2.83. The maximum atomic E-state index is 12.0. The quantitative estimate of drug-likeness (QED) is 0.394. The minimum atomic E-state index is -4.59. The number of aliphatic hydroxyl groups is 3. The van der Waals surface area contributed by atoms with Gasteiger partial charge in [0.05, 0.1) is 19.1 Å². The standard InChI is InChI=1S/C16H23N5O8S/c1-16(2,3)12(24)14(25)20-30(26,27)28-5-9-10(22)11(23)15(29-9)21-7-19-13-8(21)4-17-6-18-13/h4,6-7,9-12,15,22-24H,5H2,1-3H3,(H,20,25)/t9-,10-,11-,12+,15-/m1/s1. The van der Waals surface area contributed by atoms with Crippen molar-refractivity contribution < 1.29 is 37.5 Å². The smallest absolute Gasteiger partial charge is 0.362 e. The molecule has 1 saturated heterocycles. The Hall–Kier alpha value is -2.23. The molecule has 1 aliphatic rings. The van der Waals surface area contributed by atoms with E-state index in [4.69, 9.17) is 8.92 Å². The normalized spacial score (nSPS) is 26.1. The highest BCUT2D eigenvalue weighted by molar-refractivity contribution is 7.85. The number of hydrogen-bond donors (Lipinski definition) is 4. The van der Waals surface area contributed by atoms with E-state index in [1.165, 1.54) is 23.4 Å². The van der Waals surface area contributed by atoms with Crippen molar-refractivity contribution in [2.45, 2.75) is 51.4 Å². The molecule has 0 spiro atoms. The number of carbonyl (C=O) groups excluding carboxylic acids is 1. The van der Waals surface area contributed by atoms with Crippen LogP contribution >= 0.6 is 0 Å². The van der Waals surface area contributed by atoms with Crippen LogP contribution in [0.3, 0.4) is 0 Å². The minimum Gasteiger partial charge on any atom is -0.387 e. The number of aromatic nitrogens is 4. The van der Waals surface area contributed by atoms with Gasteiger partial charge < -0.3 is 20.1 Å². The van der Waals surface area contributed by atoms with Gasteiger partial charge >= 0.3 is 10.3 Å². The number of ether oxygens (including phenoxy) is 1. The van der Waals surface area contributed by atoms with Crippen molar-refractivity contribution in [3.63, 3.8) is 0 Å². The lowest BCUT2D eigenvalue weighted by Crippen LogP contribution is -2.46. The van der Waals surface area contributed by atoms with Crippen LogP contribution in [0.5, 0.6) is 0 Å². The topological polar surface area (TPSA) is 186 Å². The summed E-state index contributed by atoms with van der Waals surface area (Å²) in [5.74, 6) is -1.15. The van der Waals surface area contributed by atoms with Crippen molar-refractivity contribution >= 4 is 27.4 Å². The van der Waals surface area contributed by atoms with Gasteiger partial charge in [0.15, 0.2) is 11.9 Å². The number of fused-ring (bicyclic) bond motifs is 1. The van der Waals surface area contributed by atoms with E-state index in [1.54, 1.807) is 25.5 Å². The monoisotopic (exact) mass is 445 g/mol. The molecule has 166 valence electrons. The van der Waals surface area contributed by atoms with Crippen molar-refractivity contribution in [3.05, 3.63) is 18.9 Å². The van der Waals surface area contributed by atoms with Crippen molar-refractivity contribution in [1.82, 2.24) is 24.2 Å². The predicted octanol–water partition coefficient (Wildman–Crippen LogP) is -1.77. The van der Waals surface area contributed by atoms with Crippen molar-refractivity contribution in [2.75, 3.05) is 6.61 Å². The Kier molecular flexibility index (Phi) is 6.08. The fourth-order valence-corrected chi connectivity index (χ4v) is 3.56. The van der Waals surface area contributed by atoms with Gasteiger partial charge in [0.25, 0.3) is 5.91 Å². The number of aliphatic hydroxyl groups excluding tert-OH is 3. The number of hydrogen-bond acceptors (Lipinski definition) is 11. The van der Waals surface area contributed by atoms with Crippen molar-refractivity contribution in [3.8, 4) is 0 Å². The van der Waals surface area contributed by atoms with Gasteiger partial charge in [0.2, 0.25) is 0 Å². The maximum Gasteiger partial charge on any atom is 0.362 e. The molecule has 1 amide bonds. The summed E-state index contributed by atoms with van der Waals surface area (Å²) < 4.78 is 37.3. The highest BCUT2D eigenvalue weighted by Crippen LogP contribution is 2.31. The molecule has 4 N–H and O–H groups in total. The summed E-state index contributed by atoms with van der Waals surface area (Å²) in [4.78, 5) is 23.8. The Balaban J connectivity index is 1.65. The molecule has 0 aliphatic carbocycles. The molecule has 0 aromatic carbocycles. The molecule has 2 aromatic rings. The van der Waals surface area contributed by atoms with Crippen LogP contribution in [-0.2, 0) is 24.0 Å². The van der Waals surface area contributed by atoms with Crippen LogP contribution in [0.4, 0.5) is 0 Å². The zero-order valence-electron chi connectivity index (χ0n) is 16.4. The van der Waals surface area contributed by atoms with Gasteiger partial charge in [0, 0.05) is 0 Å². The molecule has 14 heteroatoms. The van der Waals surface area contributed by atoms with Crippen LogP contribution in [0, 0.1) is 5.41 Å². The van der Waals surface area contributed by atoms with Crippen LogP contribution in [0.2, 0.25) is 0 Å². The van der Waals surface area contributed by atoms with E-state index in [-0.39, 0.29) is 0 Å². The van der Waals surface area contributed by atoms with Crippen LogP contribution in [-0.4, -0.2) is 80.2 Å². The molecule has 1 aliphatic heterocycles. The zero-order chi connectivity index (χ0) is 22.3. The van der Waals surface area contributed by atoms with Gasteiger partial charge in [-0.15, -0.1) is 0 Å². The Morgan fingerprint density at radius 1 is 1.33 bits per heavy atom. The van der Waals surface area contributed by atoms with Gasteiger partial charge in [-0.05, 0) is 5.41 Å². The van der Waals surface area contributed by atoms with E-state index in [2.05, 4.69) is 15.0 Å². The Morgan fingerprint density at radius 3 is 2.70 bits per heavy atom. The lowest BCUT2D eigenvalue weighted by Gasteiger charge is -2.24. The third-order valence-electron chi connectivity index (χ3n) is 4.55. The van der Waals surface area contributed by atoms with Gasteiger partial charge in [0.1, 0.15) is 36.3 Å². The number of carbonyl (C=O) groups is 1. The lowest BCUT2D eigenvalue weighted by molar-refractivity contribution is -0.132. The molecule has 0 bridgehead atoms. The molecule has 13 nitrogen and oxygen atoms in total. The Bertz CT molecular complexity index is 1020. The van der Waals surface area contributed by atoms with Crippen molar-refractivity contribution in [1.29, 1.82) is 0 Å². The summed E-state index contributed by atoms with van der Waals surface area (Å²) in [6.07, 6.45) is -2.73. The molecule has 2 aromatic heterocycles. The van der Waals surface area contributed by atoms with E-state index in [1.807, 2.05) is 0 Å². The summed E-state index contributed by atoms with van der Waals surface area (Å²) in [5.41, 5.74) is -0.108. The van der Waals surface area contributed by atoms with E-state index in [0.29, 0.717) is 11.2 Å². The summed E-state index contributed by atoms with van der Waals surface area (Å²) in [5, 5.41) is 30.4. The second-order valence-electron chi connectivity index (χ2n) is 7.90. The van der Waals surface area contributed by atoms with Gasteiger partial charge in [-0.2, -0.15) is 8.42 Å². The first-order chi connectivity index (χ1) is 13.9. The Morgan fingerprint density at radius 2 is 2.03 bits per heavy atom. The van der Waals surface area contributed by atoms with E-state index >= 15 is 0 Å². The van der Waals surface area contributed by atoms with Crippen LogP contribution in [0.25, 0.3) is 11.2 Å². The maximum absolute atomic E-state index is 12.0. The summed E-state index contributed by atoms with van der Waals surface area (Å²) in [6.45, 7) is 3.98. The van der Waals surface area contributed by atoms with Gasteiger partial charge in [-0.25, -0.2) is 19.7 Å².